The maximum Gasteiger partial charge on any atom is 0.255 e. The number of nitrogens with one attached hydrogen (secondary N) is 1. The zero-order valence-corrected chi connectivity index (χ0v) is 12.6. The SMILES string of the molecule is Cc1ccc(Oc2ccc(C(=O)Nc3cccnc3)cc2)cn1. The Morgan fingerprint density at radius 1 is 1.00 bits per heavy atom. The summed E-state index contributed by atoms with van der Waals surface area (Å²) in [7, 11) is 0. The minimum atomic E-state index is -0.193. The minimum absolute atomic E-state index is 0.193. The summed E-state index contributed by atoms with van der Waals surface area (Å²) in [5.74, 6) is 1.11. The third kappa shape index (κ3) is 3.91. The normalized spacial score (nSPS) is 10.1. The Hall–Kier alpha value is -3.21. The number of rotatable bonds is 4. The van der Waals surface area contributed by atoms with Crippen molar-refractivity contribution in [3.63, 3.8) is 0 Å². The largest absolute Gasteiger partial charge is 0.456 e. The summed E-state index contributed by atoms with van der Waals surface area (Å²) in [6.07, 6.45) is 4.92. The van der Waals surface area contributed by atoms with Crippen LogP contribution in [0.25, 0.3) is 0 Å². The minimum Gasteiger partial charge on any atom is -0.456 e. The first-order chi connectivity index (χ1) is 11.2. The third-order valence-electron chi connectivity index (χ3n) is 3.16. The van der Waals surface area contributed by atoms with E-state index in [-0.39, 0.29) is 5.91 Å². The van der Waals surface area contributed by atoms with E-state index in [9.17, 15) is 4.79 Å². The van der Waals surface area contributed by atoms with Gasteiger partial charge < -0.3 is 10.1 Å². The first-order valence-corrected chi connectivity index (χ1v) is 7.13. The summed E-state index contributed by atoms with van der Waals surface area (Å²) in [6.45, 7) is 1.92. The molecule has 0 saturated heterocycles. The summed E-state index contributed by atoms with van der Waals surface area (Å²) < 4.78 is 5.68. The molecule has 0 aliphatic carbocycles. The van der Waals surface area contributed by atoms with Crippen LogP contribution in [-0.2, 0) is 0 Å². The highest BCUT2D eigenvalue weighted by Crippen LogP contribution is 2.21. The summed E-state index contributed by atoms with van der Waals surface area (Å²) in [4.78, 5) is 20.3. The second-order valence-corrected chi connectivity index (χ2v) is 4.96. The summed E-state index contributed by atoms with van der Waals surface area (Å²) in [5, 5.41) is 2.78. The molecule has 0 saturated carbocycles. The van der Waals surface area contributed by atoms with E-state index in [1.807, 2.05) is 19.1 Å². The van der Waals surface area contributed by atoms with Gasteiger partial charge in [0.25, 0.3) is 5.91 Å². The number of amides is 1. The fourth-order valence-electron chi connectivity index (χ4n) is 1.97. The van der Waals surface area contributed by atoms with Crippen molar-refractivity contribution >= 4 is 11.6 Å². The Morgan fingerprint density at radius 3 is 2.43 bits per heavy atom. The molecule has 0 aliphatic heterocycles. The Kier molecular flexibility index (Phi) is 4.29. The lowest BCUT2D eigenvalue weighted by atomic mass is 10.2. The van der Waals surface area contributed by atoms with Crippen LogP contribution in [0.2, 0.25) is 0 Å². The number of hydrogen-bond donors (Lipinski definition) is 1. The molecule has 0 radical (unpaired) electrons. The number of carbonyl (C=O) groups is 1. The van der Waals surface area contributed by atoms with Crippen LogP contribution in [0, 0.1) is 6.92 Å². The first kappa shape index (κ1) is 14.7. The summed E-state index contributed by atoms with van der Waals surface area (Å²) >= 11 is 0. The molecule has 0 fully saturated rings. The quantitative estimate of drug-likeness (QED) is 0.795. The predicted octanol–water partition coefficient (Wildman–Crippen LogP) is 3.83. The predicted molar refractivity (Wildman–Crippen MR) is 87.7 cm³/mol. The number of benzene rings is 1. The van der Waals surface area contributed by atoms with Crippen LogP contribution in [0.3, 0.4) is 0 Å². The molecule has 1 amide bonds. The van der Waals surface area contributed by atoms with E-state index in [2.05, 4.69) is 15.3 Å². The van der Waals surface area contributed by atoms with Crippen LogP contribution >= 0.6 is 0 Å². The maximum atomic E-state index is 12.1. The van der Waals surface area contributed by atoms with Gasteiger partial charge in [-0.1, -0.05) is 0 Å². The van der Waals surface area contributed by atoms with Crippen molar-refractivity contribution in [1.82, 2.24) is 9.97 Å². The zero-order valence-electron chi connectivity index (χ0n) is 12.6. The molecule has 0 aliphatic rings. The molecule has 23 heavy (non-hydrogen) atoms. The van der Waals surface area contributed by atoms with Crippen molar-refractivity contribution in [2.24, 2.45) is 0 Å². The number of aryl methyl sites for hydroxylation is 1. The van der Waals surface area contributed by atoms with Gasteiger partial charge in [-0.2, -0.15) is 0 Å². The van der Waals surface area contributed by atoms with Crippen LogP contribution < -0.4 is 10.1 Å². The molecule has 5 heteroatoms. The Labute approximate surface area is 134 Å². The van der Waals surface area contributed by atoms with Gasteiger partial charge in [-0.15, -0.1) is 0 Å². The zero-order chi connectivity index (χ0) is 16.1. The topological polar surface area (TPSA) is 64.1 Å². The highest BCUT2D eigenvalue weighted by molar-refractivity contribution is 6.04. The van der Waals surface area contributed by atoms with Crippen molar-refractivity contribution in [2.75, 3.05) is 5.32 Å². The molecule has 0 spiro atoms. The molecule has 2 aromatic heterocycles. The van der Waals surface area contributed by atoms with Crippen molar-refractivity contribution in [2.45, 2.75) is 6.92 Å². The van der Waals surface area contributed by atoms with Gasteiger partial charge in [0.1, 0.15) is 11.5 Å². The molecular formula is C18H15N3O2. The van der Waals surface area contributed by atoms with Gasteiger partial charge >= 0.3 is 0 Å². The number of carbonyl (C=O) groups excluding carboxylic acids is 1. The van der Waals surface area contributed by atoms with E-state index in [4.69, 9.17) is 4.74 Å². The van der Waals surface area contributed by atoms with Gasteiger partial charge in [-0.05, 0) is 55.5 Å². The van der Waals surface area contributed by atoms with Gasteiger partial charge in [0.05, 0.1) is 18.1 Å². The smallest absolute Gasteiger partial charge is 0.255 e. The molecule has 5 nitrogen and oxygen atoms in total. The number of aromatic nitrogens is 2. The van der Waals surface area contributed by atoms with E-state index >= 15 is 0 Å². The lowest BCUT2D eigenvalue weighted by molar-refractivity contribution is 0.102. The standard InChI is InChI=1S/C18H15N3O2/c1-13-4-7-17(12-20-13)23-16-8-5-14(6-9-16)18(22)21-15-3-2-10-19-11-15/h2-12H,1H3,(H,21,22). The number of pyridine rings is 2. The first-order valence-electron chi connectivity index (χ1n) is 7.13. The molecule has 2 heterocycles. The fraction of sp³-hybridized carbons (Fsp3) is 0.0556. The molecule has 0 atom stereocenters. The number of nitrogens with zero attached hydrogens (tertiary/aromatic N) is 2. The van der Waals surface area contributed by atoms with Gasteiger partial charge in [0.15, 0.2) is 0 Å². The van der Waals surface area contributed by atoms with Gasteiger partial charge in [0, 0.05) is 17.5 Å². The van der Waals surface area contributed by atoms with Crippen LogP contribution in [0.4, 0.5) is 5.69 Å². The third-order valence-corrected chi connectivity index (χ3v) is 3.16. The fourth-order valence-corrected chi connectivity index (χ4v) is 1.97. The van der Waals surface area contributed by atoms with Gasteiger partial charge in [-0.25, -0.2) is 0 Å². The Bertz CT molecular complexity index is 785. The van der Waals surface area contributed by atoms with Crippen molar-refractivity contribution in [3.8, 4) is 11.5 Å². The highest BCUT2D eigenvalue weighted by Gasteiger charge is 2.06. The van der Waals surface area contributed by atoms with E-state index in [1.54, 1.807) is 55.0 Å². The average molecular weight is 305 g/mol. The monoisotopic (exact) mass is 305 g/mol. The number of anilines is 1. The van der Waals surface area contributed by atoms with Gasteiger partial charge in [-0.3, -0.25) is 14.8 Å². The van der Waals surface area contributed by atoms with Crippen LogP contribution in [-0.4, -0.2) is 15.9 Å². The van der Waals surface area contributed by atoms with Crippen molar-refractivity contribution in [1.29, 1.82) is 0 Å². The summed E-state index contributed by atoms with van der Waals surface area (Å²) in [6, 6.07) is 14.2. The number of hydrogen-bond acceptors (Lipinski definition) is 4. The molecule has 3 rings (SSSR count). The average Bonchev–Trinajstić information content (AvgIpc) is 2.58. The van der Waals surface area contributed by atoms with E-state index in [1.165, 1.54) is 0 Å². The molecule has 3 aromatic rings. The Balaban J connectivity index is 1.66. The van der Waals surface area contributed by atoms with Crippen molar-refractivity contribution < 1.29 is 9.53 Å². The molecule has 1 N–H and O–H groups in total. The van der Waals surface area contributed by atoms with E-state index in [0.717, 1.165) is 5.69 Å². The van der Waals surface area contributed by atoms with E-state index < -0.39 is 0 Å². The lowest BCUT2D eigenvalue weighted by Crippen LogP contribution is -2.11. The van der Waals surface area contributed by atoms with Crippen LogP contribution in [0.15, 0.2) is 67.1 Å². The second-order valence-electron chi connectivity index (χ2n) is 4.96. The van der Waals surface area contributed by atoms with E-state index in [0.29, 0.717) is 22.7 Å². The molecule has 114 valence electrons. The van der Waals surface area contributed by atoms with Crippen molar-refractivity contribution in [3.05, 3.63) is 78.4 Å². The summed E-state index contributed by atoms with van der Waals surface area (Å²) in [5.41, 5.74) is 2.13. The molecule has 1 aromatic carbocycles. The molecule has 0 unspecified atom stereocenters. The second kappa shape index (κ2) is 6.70. The van der Waals surface area contributed by atoms with Gasteiger partial charge in [0.2, 0.25) is 0 Å². The molecular weight excluding hydrogens is 290 g/mol. The molecule has 0 bridgehead atoms. The lowest BCUT2D eigenvalue weighted by Gasteiger charge is -2.07. The highest BCUT2D eigenvalue weighted by atomic mass is 16.5. The maximum absolute atomic E-state index is 12.1. The van der Waals surface area contributed by atoms with Crippen LogP contribution in [0.5, 0.6) is 11.5 Å². The number of ether oxygens (including phenoxy) is 1. The van der Waals surface area contributed by atoms with Crippen LogP contribution in [0.1, 0.15) is 16.1 Å². The Morgan fingerprint density at radius 2 is 1.78 bits per heavy atom.